The predicted molar refractivity (Wildman–Crippen MR) is 156 cm³/mol. The van der Waals surface area contributed by atoms with E-state index in [1.807, 2.05) is 35.0 Å². The van der Waals surface area contributed by atoms with E-state index in [0.717, 1.165) is 11.8 Å². The fourth-order valence-electron chi connectivity index (χ4n) is 5.35. The monoisotopic (exact) mass is 550 g/mol. The summed E-state index contributed by atoms with van der Waals surface area (Å²) in [5, 5.41) is 3.67. The van der Waals surface area contributed by atoms with Gasteiger partial charge in [0.1, 0.15) is 32.2 Å². The number of anilines is 1. The molecule has 0 saturated carbocycles. The molecule has 208 valence electrons. The molecule has 1 aromatic carbocycles. The molecule has 2 aromatic heterocycles. The van der Waals surface area contributed by atoms with Crippen LogP contribution >= 0.6 is 8.30 Å². The summed E-state index contributed by atoms with van der Waals surface area (Å²) in [5.41, 5.74) is 1.23. The van der Waals surface area contributed by atoms with Crippen LogP contribution in [0.4, 0.5) is 5.82 Å². The molecule has 1 aliphatic rings. The van der Waals surface area contributed by atoms with Gasteiger partial charge in [-0.25, -0.2) is 16.5 Å². The molecule has 9 nitrogen and oxygen atoms in total. The van der Waals surface area contributed by atoms with E-state index >= 15 is 0 Å². The third-order valence-electron chi connectivity index (χ3n) is 7.12. The van der Waals surface area contributed by atoms with Crippen LogP contribution in [0, 0.1) is 12.5 Å². The van der Waals surface area contributed by atoms with E-state index < -0.39 is 14.5 Å². The Hall–Kier alpha value is -2.89. The quantitative estimate of drug-likeness (QED) is 0.221. The van der Waals surface area contributed by atoms with Gasteiger partial charge < -0.3 is 24.0 Å². The van der Waals surface area contributed by atoms with Crippen molar-refractivity contribution in [2.45, 2.75) is 78.5 Å². The third-order valence-corrected chi connectivity index (χ3v) is 9.62. The van der Waals surface area contributed by atoms with Crippen LogP contribution in [0.3, 0.4) is 0 Å². The number of rotatable bonds is 11. The summed E-state index contributed by atoms with van der Waals surface area (Å²) in [6.45, 7) is 20.8. The van der Waals surface area contributed by atoms with Crippen LogP contribution < -0.4 is 5.32 Å². The molecule has 1 aliphatic heterocycles. The van der Waals surface area contributed by atoms with Crippen molar-refractivity contribution in [3.63, 3.8) is 0 Å². The van der Waals surface area contributed by atoms with Gasteiger partial charge in [-0.1, -0.05) is 32.0 Å². The maximum Gasteiger partial charge on any atom is 0.256 e. The summed E-state index contributed by atoms with van der Waals surface area (Å²) >= 11 is 0. The van der Waals surface area contributed by atoms with E-state index in [4.69, 9.17) is 15.8 Å². The number of carbonyl (C=O) groups excluding carboxylic acids is 1. The molecule has 1 fully saturated rings. The molecule has 5 atom stereocenters. The van der Waals surface area contributed by atoms with Crippen molar-refractivity contribution in [1.29, 1.82) is 0 Å². The molecule has 0 spiro atoms. The maximum absolute atomic E-state index is 12.8. The van der Waals surface area contributed by atoms with Gasteiger partial charge >= 0.3 is 0 Å². The minimum absolute atomic E-state index is 0.0285. The molecule has 1 unspecified atom stereocenters. The van der Waals surface area contributed by atoms with Crippen molar-refractivity contribution >= 4 is 31.1 Å². The zero-order valence-electron chi connectivity index (χ0n) is 23.6. The second-order valence-corrected chi connectivity index (χ2v) is 12.3. The number of nitrogens with one attached hydrogen (secondary N) is 1. The Kier molecular flexibility index (Phi) is 9.68. The number of carbonyl (C=O) groups is 1. The minimum atomic E-state index is -1.02. The summed E-state index contributed by atoms with van der Waals surface area (Å²) in [7, 11) is -1.02. The molecule has 3 aromatic rings. The number of nitrogens with zero attached hydrogens (tertiary/aromatic N) is 5. The van der Waals surface area contributed by atoms with Crippen molar-refractivity contribution in [3.05, 3.63) is 65.9 Å². The summed E-state index contributed by atoms with van der Waals surface area (Å²) in [5.74, 6) is 0.373. The average Bonchev–Trinajstić information content (AvgIpc) is 3.48. The second kappa shape index (κ2) is 13.0. The number of hydrogen-bond acceptors (Lipinski definition) is 6. The number of aromatic nitrogens is 3. The van der Waals surface area contributed by atoms with Gasteiger partial charge in [-0.3, -0.25) is 9.46 Å². The molecule has 4 rings (SSSR count). The Morgan fingerprint density at radius 2 is 1.92 bits per heavy atom. The molecule has 0 aliphatic carbocycles. The van der Waals surface area contributed by atoms with Gasteiger partial charge in [0.2, 0.25) is 6.54 Å². The first-order chi connectivity index (χ1) is 18.8. The van der Waals surface area contributed by atoms with Crippen LogP contribution in [0.5, 0.6) is 0 Å². The number of benzene rings is 1. The molecule has 0 radical (unpaired) electrons. The second-order valence-electron chi connectivity index (χ2n) is 10.4. The lowest BCUT2D eigenvalue weighted by Gasteiger charge is -2.39. The lowest BCUT2D eigenvalue weighted by Crippen LogP contribution is -2.37. The van der Waals surface area contributed by atoms with Crippen LogP contribution in [0.25, 0.3) is 15.9 Å². The van der Waals surface area contributed by atoms with Gasteiger partial charge in [-0.05, 0) is 52.3 Å². The molecule has 1 saturated heterocycles. The van der Waals surface area contributed by atoms with E-state index in [-0.39, 0.29) is 36.1 Å². The Bertz CT molecular complexity index is 1280. The highest BCUT2D eigenvalue weighted by Gasteiger charge is 2.45. The fourth-order valence-corrected chi connectivity index (χ4v) is 7.67. The van der Waals surface area contributed by atoms with Crippen molar-refractivity contribution in [3.8, 4) is 0 Å². The molecule has 0 bridgehead atoms. The standard InChI is InChI=1S/C29H39N6O3P/c1-8-24-21(6)25(38-39(17-15-30-7)35(19(2)3)20(4)5)29(37-24)34-16-14-23-26(31-18-32-27(23)34)33-28(36)22-12-10-9-11-13-22/h9-14,16,18-21,24-25,29H,8,15,17H2,1-6H3,(H,31,32,33,36)/t21-,24-,25-,29-,39?/m1/s1. The normalized spacial score (nSPS) is 22.1. The smallest absolute Gasteiger partial charge is 0.256 e. The van der Waals surface area contributed by atoms with E-state index in [9.17, 15) is 4.79 Å². The maximum atomic E-state index is 12.8. The molecule has 1 N–H and O–H groups in total. The Morgan fingerprint density at radius 3 is 2.56 bits per heavy atom. The molecule has 39 heavy (non-hydrogen) atoms. The third kappa shape index (κ3) is 6.31. The first kappa shape index (κ1) is 29.1. The van der Waals surface area contributed by atoms with Gasteiger partial charge in [0.05, 0.1) is 17.7 Å². The summed E-state index contributed by atoms with van der Waals surface area (Å²) in [4.78, 5) is 25.4. The van der Waals surface area contributed by atoms with Crippen molar-refractivity contribution in [2.75, 3.05) is 18.0 Å². The van der Waals surface area contributed by atoms with Crippen LogP contribution in [0.2, 0.25) is 0 Å². The van der Waals surface area contributed by atoms with Gasteiger partial charge in [-0.15, -0.1) is 0 Å². The first-order valence-electron chi connectivity index (χ1n) is 13.7. The van der Waals surface area contributed by atoms with Gasteiger partial charge in [0.15, 0.2) is 6.23 Å². The topological polar surface area (TPSA) is 85.9 Å². The molecule has 1 amide bonds. The van der Waals surface area contributed by atoms with Crippen LogP contribution in [0.1, 0.15) is 64.5 Å². The zero-order valence-corrected chi connectivity index (χ0v) is 24.5. The van der Waals surface area contributed by atoms with Crippen molar-refractivity contribution < 1.29 is 14.1 Å². The van der Waals surface area contributed by atoms with Crippen LogP contribution in [-0.2, 0) is 9.26 Å². The van der Waals surface area contributed by atoms with Crippen LogP contribution in [0.15, 0.2) is 48.9 Å². The van der Waals surface area contributed by atoms with Crippen molar-refractivity contribution in [2.24, 2.45) is 5.92 Å². The van der Waals surface area contributed by atoms with Gasteiger partial charge in [0, 0.05) is 29.8 Å². The predicted octanol–water partition coefficient (Wildman–Crippen LogP) is 6.36. The number of fused-ring (bicyclic) bond motifs is 1. The first-order valence-corrected chi connectivity index (χ1v) is 15.1. The summed E-state index contributed by atoms with van der Waals surface area (Å²) in [6, 6.07) is 11.6. The zero-order chi connectivity index (χ0) is 28.1. The number of amides is 1. The Labute approximate surface area is 232 Å². The van der Waals surface area contributed by atoms with E-state index in [1.165, 1.54) is 6.33 Å². The molecule has 10 heteroatoms. The number of ether oxygens (including phenoxy) is 1. The highest BCUT2D eigenvalue weighted by Crippen LogP contribution is 2.51. The Morgan fingerprint density at radius 1 is 1.21 bits per heavy atom. The Balaban J connectivity index is 1.67. The molecule has 3 heterocycles. The van der Waals surface area contributed by atoms with Gasteiger partial charge in [-0.2, -0.15) is 0 Å². The van der Waals surface area contributed by atoms with Crippen LogP contribution in [-0.4, -0.2) is 62.1 Å². The van der Waals surface area contributed by atoms with E-state index in [0.29, 0.717) is 29.7 Å². The van der Waals surface area contributed by atoms with Gasteiger partial charge in [0.25, 0.3) is 5.91 Å². The molecular formula is C29H39N6O3P. The highest BCUT2D eigenvalue weighted by molar-refractivity contribution is 7.50. The summed E-state index contributed by atoms with van der Waals surface area (Å²) in [6.07, 6.45) is 4.36. The highest BCUT2D eigenvalue weighted by atomic mass is 31.2. The molecular weight excluding hydrogens is 511 g/mol. The van der Waals surface area contributed by atoms with E-state index in [2.05, 4.69) is 66.3 Å². The summed E-state index contributed by atoms with van der Waals surface area (Å²) < 4.78 is 18.0. The minimum Gasteiger partial charge on any atom is -0.352 e. The van der Waals surface area contributed by atoms with Crippen molar-refractivity contribution in [1.82, 2.24) is 19.2 Å². The lowest BCUT2D eigenvalue weighted by atomic mass is 9.99. The number of hydrogen-bond donors (Lipinski definition) is 1. The van der Waals surface area contributed by atoms with E-state index in [1.54, 1.807) is 12.1 Å². The lowest BCUT2D eigenvalue weighted by molar-refractivity contribution is -0.0286. The fraction of sp³-hybridized carbons (Fsp3) is 0.517. The average molecular weight is 551 g/mol. The largest absolute Gasteiger partial charge is 0.352 e. The SMILES string of the molecule is [C-]#[N+]CCP(O[C@@H]1[C@H](C)[C@@H](CC)O[C@H]1n1ccc2c(NC(=O)c3ccccc3)ncnc21)N(C(C)C)C(C)C.